The third-order valence-electron chi connectivity index (χ3n) is 9.69. The molecule has 2 aromatic carbocycles. The van der Waals surface area contributed by atoms with Crippen LogP contribution < -0.4 is 5.32 Å². The number of rotatable bonds is 9. The first-order valence-corrected chi connectivity index (χ1v) is 17.3. The van der Waals surface area contributed by atoms with E-state index in [4.69, 9.17) is 40.0 Å². The Morgan fingerprint density at radius 2 is 1.50 bits per heavy atom. The Kier molecular flexibility index (Phi) is 22.3. The number of halogens is 1. The van der Waals surface area contributed by atoms with Gasteiger partial charge >= 0.3 is 0 Å². The molecule has 13 atom stereocenters. The van der Waals surface area contributed by atoms with Crippen LogP contribution in [0.25, 0.3) is 0 Å². The Bertz CT molecular complexity index is 1700. The molecule has 290 valence electrons. The molecule has 4 saturated heterocycles. The molecule has 13 unspecified atom stereocenters. The van der Waals surface area contributed by atoms with Gasteiger partial charge in [-0.15, -0.1) is 0 Å². The van der Waals surface area contributed by atoms with Crippen LogP contribution in [0.1, 0.15) is 24.3 Å². The molecule has 3 amide bonds. The SMILES string of the molecule is CC(=O)Nc1cc(COC2OC(CN3C(=O)C4C=CC=CC4C3=O)C(OC3OC4COC(c5ccccc5)OC4C(O)C3O)C(O)C2O)ccc1Cl.[Ac].[Ac].[Ac].[Ac]. The number of carbonyl (C=O) groups is 3. The van der Waals surface area contributed by atoms with E-state index < -0.39 is 97.9 Å². The summed E-state index contributed by atoms with van der Waals surface area (Å²) in [6.45, 7) is 0.726. The summed E-state index contributed by atoms with van der Waals surface area (Å²) in [7, 11) is 0. The van der Waals surface area contributed by atoms with Crippen molar-refractivity contribution in [3.63, 3.8) is 0 Å². The van der Waals surface area contributed by atoms with Crippen molar-refractivity contribution in [2.75, 3.05) is 18.5 Å². The minimum Gasteiger partial charge on any atom is -0.387 e. The van der Waals surface area contributed by atoms with Crippen LogP contribution in [0, 0.1) is 188 Å². The maximum atomic E-state index is 13.4. The summed E-state index contributed by atoms with van der Waals surface area (Å²) in [5.74, 6) is -2.74. The fraction of sp³-hybridized carbons (Fsp3) is 0.472. The predicted octanol–water partition coefficient (Wildman–Crippen LogP) is 0.935. The van der Waals surface area contributed by atoms with Crippen molar-refractivity contribution < 1.29 is 239 Å². The Hall–Kier alpha value is 2.19. The van der Waals surface area contributed by atoms with Gasteiger partial charge in [0.1, 0.15) is 48.8 Å². The number of amides is 3. The number of benzene rings is 2. The number of anilines is 1. The van der Waals surface area contributed by atoms with E-state index in [1.807, 2.05) is 18.2 Å². The van der Waals surface area contributed by atoms with Crippen LogP contribution in [0.15, 0.2) is 72.8 Å². The Morgan fingerprint density at radius 1 is 0.857 bits per heavy atom. The summed E-state index contributed by atoms with van der Waals surface area (Å²) in [5.41, 5.74) is 1.58. The van der Waals surface area contributed by atoms with E-state index in [-0.39, 0.29) is 195 Å². The summed E-state index contributed by atoms with van der Waals surface area (Å²) in [6, 6.07) is 13.8. The molecule has 5 N–H and O–H groups in total. The Balaban J connectivity index is 0.00000210. The van der Waals surface area contributed by atoms with Crippen molar-refractivity contribution in [1.29, 1.82) is 0 Å². The van der Waals surface area contributed by atoms with Crippen LogP contribution in [0.5, 0.6) is 0 Å². The van der Waals surface area contributed by atoms with Crippen LogP contribution in [-0.4, -0.2) is 118 Å². The maximum Gasteiger partial charge on any atom is 0.237 e. The Labute approximate surface area is 471 Å². The maximum absolute atomic E-state index is 13.4. The van der Waals surface area contributed by atoms with Crippen molar-refractivity contribution >= 4 is 35.0 Å². The molecular weight excluding hydrogens is 1610 g/mol. The minimum absolute atomic E-state index is 0. The largest absolute Gasteiger partial charge is 0.387 e. The third-order valence-corrected chi connectivity index (χ3v) is 10.0. The molecule has 4 fully saturated rings. The Morgan fingerprint density at radius 3 is 2.14 bits per heavy atom. The number of likely N-dealkylation sites (tertiary alicyclic amines) is 1. The van der Waals surface area contributed by atoms with Crippen LogP contribution >= 0.6 is 11.6 Å². The van der Waals surface area contributed by atoms with E-state index in [0.717, 1.165) is 4.90 Å². The van der Waals surface area contributed by atoms with Crippen LogP contribution in [-0.2, 0) is 49.4 Å². The number of hydrogen-bond acceptors (Lipinski definition) is 13. The third kappa shape index (κ3) is 11.8. The van der Waals surface area contributed by atoms with Crippen molar-refractivity contribution in [3.8, 4) is 0 Å². The number of aliphatic hydroxyl groups excluding tert-OH is 4. The zero-order chi connectivity index (χ0) is 36.7. The van der Waals surface area contributed by atoms with Crippen molar-refractivity contribution in [3.05, 3.63) is 89.0 Å². The number of nitrogens with one attached hydrogen (secondary N) is 1. The van der Waals surface area contributed by atoms with Gasteiger partial charge in [-0.25, -0.2) is 0 Å². The topological polar surface area (TPSA) is 203 Å². The minimum atomic E-state index is -1.76. The number of aliphatic hydroxyl groups is 4. The summed E-state index contributed by atoms with van der Waals surface area (Å²) >= 11 is 6.19. The fourth-order valence-corrected chi connectivity index (χ4v) is 7.18. The van der Waals surface area contributed by atoms with Gasteiger partial charge in [0.15, 0.2) is 18.9 Å². The molecule has 7 rings (SSSR count). The number of allylic oxidation sites excluding steroid dienone is 2. The van der Waals surface area contributed by atoms with Gasteiger partial charge in [-0.1, -0.05) is 72.3 Å². The molecule has 4 heterocycles. The van der Waals surface area contributed by atoms with Gasteiger partial charge in [0.25, 0.3) is 0 Å². The van der Waals surface area contributed by atoms with Crippen molar-refractivity contribution in [2.24, 2.45) is 11.8 Å². The first kappa shape index (κ1) is 52.5. The molecular formula is C36H39Ac4ClN2O13. The average molecular weight is 1650 g/mol. The van der Waals surface area contributed by atoms with Gasteiger partial charge in [0.05, 0.1) is 42.3 Å². The number of ether oxygens (including phenoxy) is 6. The first-order chi connectivity index (χ1) is 25.0. The van der Waals surface area contributed by atoms with E-state index in [1.165, 1.54) is 6.92 Å². The molecule has 0 aromatic heterocycles. The molecule has 56 heavy (non-hydrogen) atoms. The van der Waals surface area contributed by atoms with Crippen LogP contribution in [0.3, 0.4) is 0 Å². The molecule has 4 radical (unpaired) electrons. The number of imide groups is 1. The quantitative estimate of drug-likeness (QED) is 0.223. The van der Waals surface area contributed by atoms with E-state index in [1.54, 1.807) is 54.6 Å². The summed E-state index contributed by atoms with van der Waals surface area (Å²) in [6.07, 6.45) is -8.65. The van der Waals surface area contributed by atoms with Crippen LogP contribution in [0.2, 0.25) is 5.02 Å². The molecule has 0 bridgehead atoms. The number of hydrogen-bond donors (Lipinski definition) is 5. The van der Waals surface area contributed by atoms with Crippen molar-refractivity contribution in [2.45, 2.75) is 81.2 Å². The van der Waals surface area contributed by atoms with Crippen molar-refractivity contribution in [1.82, 2.24) is 4.90 Å². The molecule has 20 heteroatoms. The predicted molar refractivity (Wildman–Crippen MR) is 179 cm³/mol. The number of fused-ring (bicyclic) bond motifs is 2. The number of nitrogens with zero attached hydrogens (tertiary/aromatic N) is 1. The summed E-state index contributed by atoms with van der Waals surface area (Å²) in [5, 5.41) is 47.9. The molecule has 0 saturated carbocycles. The summed E-state index contributed by atoms with van der Waals surface area (Å²) < 4.78 is 35.9. The number of carbonyl (C=O) groups excluding carboxylic acids is 3. The normalized spacial score (nSPS) is 34.5. The van der Waals surface area contributed by atoms with E-state index in [9.17, 15) is 34.8 Å². The second-order valence-corrected chi connectivity index (χ2v) is 13.6. The monoisotopic (exact) mass is 1650 g/mol. The molecule has 1 aliphatic carbocycles. The molecule has 5 aliphatic rings. The van der Waals surface area contributed by atoms with E-state index in [2.05, 4.69) is 5.32 Å². The molecule has 4 aliphatic heterocycles. The fourth-order valence-electron chi connectivity index (χ4n) is 7.02. The van der Waals surface area contributed by atoms with E-state index >= 15 is 0 Å². The zero-order valence-electron chi connectivity index (χ0n) is 30.2. The van der Waals surface area contributed by atoms with Gasteiger partial charge in [-0.2, -0.15) is 0 Å². The zero-order valence-corrected chi connectivity index (χ0v) is 49.9. The molecule has 2 aromatic rings. The van der Waals surface area contributed by atoms with Crippen LogP contribution in [0.4, 0.5) is 5.69 Å². The standard InChI is InChI=1S/C36H39ClN2O13.4Ac/c1-17(40)38-23-13-18(11-12-22(23)37)15-47-35-28(43)26(41)30(24(49-35)14-39-32(45)20-9-5-6-10-21(20)33(39)46)52-36-29(44)27(42)31-25(50-36)16-48-34(51-31)19-7-3-2-4-8-19;;;;/h2-13,20-21,24-31,34-36,41-44H,14-16H2,1H3,(H,38,40);;;;. The second kappa shape index (κ2) is 23.7. The van der Waals surface area contributed by atoms with Gasteiger partial charge in [-0.3, -0.25) is 19.3 Å². The van der Waals surface area contributed by atoms with Gasteiger partial charge in [0, 0.05) is 189 Å². The second-order valence-electron chi connectivity index (χ2n) is 13.2. The van der Waals surface area contributed by atoms with Gasteiger partial charge < -0.3 is 54.2 Å². The van der Waals surface area contributed by atoms with Gasteiger partial charge in [-0.05, 0) is 17.7 Å². The van der Waals surface area contributed by atoms with Gasteiger partial charge in [0.2, 0.25) is 17.7 Å². The smallest absolute Gasteiger partial charge is 0.237 e. The average Bonchev–Trinajstić information content (AvgIpc) is 3.38. The van der Waals surface area contributed by atoms with E-state index in [0.29, 0.717) is 21.8 Å². The first-order valence-electron chi connectivity index (χ1n) is 16.9. The summed E-state index contributed by atoms with van der Waals surface area (Å²) in [4.78, 5) is 39.4. The molecule has 0 spiro atoms. The molecule has 15 nitrogen and oxygen atoms in total.